The van der Waals surface area contributed by atoms with Crippen LogP contribution in [0.1, 0.15) is 22.6 Å². The highest BCUT2D eigenvalue weighted by atomic mass is 32.1. The summed E-state index contributed by atoms with van der Waals surface area (Å²) < 4.78 is 6.75. The molecule has 1 heterocycles. The van der Waals surface area contributed by atoms with Crippen LogP contribution in [0, 0.1) is 0 Å². The molecule has 27 heavy (non-hydrogen) atoms. The van der Waals surface area contributed by atoms with Gasteiger partial charge < -0.3 is 20.5 Å². The van der Waals surface area contributed by atoms with Crippen molar-refractivity contribution >= 4 is 27.4 Å². The topological polar surface area (TPSA) is 65.9 Å². The molecule has 0 spiro atoms. The number of methoxy groups -OCH3 is 1. The monoisotopic (exact) mass is 383 g/mol. The summed E-state index contributed by atoms with van der Waals surface area (Å²) in [6, 6.07) is 20.2. The van der Waals surface area contributed by atoms with E-state index in [4.69, 9.17) is 4.74 Å². The van der Waals surface area contributed by atoms with E-state index in [1.165, 1.54) is 4.70 Å². The minimum Gasteiger partial charge on any atom is -0.386 e. The standard InChI is InChI=1S/C21H25N3O2S/c1-22-21(24-14-18(26-2)15-8-4-3-5-9-15)23-13-17(25)20-12-16-10-6-7-11-19(16)27-20/h3-12,17-18,25H,13-14H2,1-2H3,(H2,22,23,24). The van der Waals surface area contributed by atoms with Crippen LogP contribution >= 0.6 is 11.3 Å². The van der Waals surface area contributed by atoms with E-state index >= 15 is 0 Å². The predicted molar refractivity (Wildman–Crippen MR) is 112 cm³/mol. The van der Waals surface area contributed by atoms with Crippen LogP contribution < -0.4 is 10.6 Å². The zero-order valence-corrected chi connectivity index (χ0v) is 16.4. The lowest BCUT2D eigenvalue weighted by Crippen LogP contribution is -2.41. The number of nitrogens with one attached hydrogen (secondary N) is 2. The van der Waals surface area contributed by atoms with Gasteiger partial charge in [-0.3, -0.25) is 4.99 Å². The Balaban J connectivity index is 1.54. The molecule has 0 aliphatic heterocycles. The van der Waals surface area contributed by atoms with Gasteiger partial charge in [-0.25, -0.2) is 0 Å². The minimum atomic E-state index is -0.590. The molecule has 142 valence electrons. The van der Waals surface area contributed by atoms with Gasteiger partial charge in [-0.1, -0.05) is 48.5 Å². The molecule has 0 amide bonds. The second-order valence-corrected chi connectivity index (χ2v) is 7.29. The van der Waals surface area contributed by atoms with Crippen molar-refractivity contribution in [3.05, 3.63) is 71.1 Å². The second-order valence-electron chi connectivity index (χ2n) is 6.17. The van der Waals surface area contributed by atoms with Gasteiger partial charge in [0.1, 0.15) is 6.10 Å². The Hall–Kier alpha value is -2.41. The van der Waals surface area contributed by atoms with Crippen molar-refractivity contribution in [1.82, 2.24) is 10.6 Å². The van der Waals surface area contributed by atoms with Crippen LogP contribution in [0.15, 0.2) is 65.7 Å². The van der Waals surface area contributed by atoms with Crippen LogP contribution in [-0.4, -0.2) is 38.3 Å². The molecule has 2 atom stereocenters. The van der Waals surface area contributed by atoms with E-state index in [0.717, 1.165) is 15.8 Å². The number of guanidine groups is 1. The summed E-state index contributed by atoms with van der Waals surface area (Å²) in [4.78, 5) is 5.17. The molecule has 0 aliphatic rings. The molecule has 2 aromatic carbocycles. The van der Waals surface area contributed by atoms with Crippen LogP contribution in [0.25, 0.3) is 10.1 Å². The van der Waals surface area contributed by atoms with E-state index in [2.05, 4.69) is 27.8 Å². The van der Waals surface area contributed by atoms with E-state index in [0.29, 0.717) is 19.0 Å². The van der Waals surface area contributed by atoms with Gasteiger partial charge >= 0.3 is 0 Å². The molecule has 0 saturated carbocycles. The summed E-state index contributed by atoms with van der Waals surface area (Å²) >= 11 is 1.61. The molecule has 0 saturated heterocycles. The molecule has 0 fully saturated rings. The third kappa shape index (κ3) is 5.07. The summed E-state index contributed by atoms with van der Waals surface area (Å²) in [5, 5.41) is 18.1. The average molecular weight is 384 g/mol. The van der Waals surface area contributed by atoms with Crippen molar-refractivity contribution in [1.29, 1.82) is 0 Å². The van der Waals surface area contributed by atoms with Crippen LogP contribution in [0.2, 0.25) is 0 Å². The largest absolute Gasteiger partial charge is 0.386 e. The number of aliphatic hydroxyl groups excluding tert-OH is 1. The zero-order valence-electron chi connectivity index (χ0n) is 15.6. The molecular formula is C21H25N3O2S. The second kappa shape index (κ2) is 9.50. The first-order valence-corrected chi connectivity index (χ1v) is 9.71. The predicted octanol–water partition coefficient (Wildman–Crippen LogP) is 3.49. The molecule has 3 N–H and O–H groups in total. The lowest BCUT2D eigenvalue weighted by Gasteiger charge is -2.19. The number of ether oxygens (including phenoxy) is 1. The van der Waals surface area contributed by atoms with E-state index in [1.807, 2.05) is 48.5 Å². The number of hydrogen-bond donors (Lipinski definition) is 3. The lowest BCUT2D eigenvalue weighted by atomic mass is 10.1. The Morgan fingerprint density at radius 1 is 1.07 bits per heavy atom. The molecular weight excluding hydrogens is 358 g/mol. The smallest absolute Gasteiger partial charge is 0.191 e. The third-order valence-corrected chi connectivity index (χ3v) is 5.59. The van der Waals surface area contributed by atoms with Gasteiger partial charge in [0.05, 0.1) is 6.10 Å². The van der Waals surface area contributed by atoms with Crippen molar-refractivity contribution in [2.24, 2.45) is 4.99 Å². The maximum atomic E-state index is 10.5. The molecule has 0 bridgehead atoms. The van der Waals surface area contributed by atoms with Crippen molar-refractivity contribution in [3.8, 4) is 0 Å². The van der Waals surface area contributed by atoms with Gasteiger partial charge in [0.2, 0.25) is 0 Å². The molecule has 6 heteroatoms. The summed E-state index contributed by atoms with van der Waals surface area (Å²) in [6.07, 6.45) is -0.662. The van der Waals surface area contributed by atoms with Crippen molar-refractivity contribution in [2.75, 3.05) is 27.2 Å². The number of aliphatic hydroxyl groups is 1. The highest BCUT2D eigenvalue weighted by Gasteiger charge is 2.14. The first kappa shape index (κ1) is 19.4. The number of aliphatic imine (C=N–C) groups is 1. The van der Waals surface area contributed by atoms with Gasteiger partial charge in [-0.2, -0.15) is 0 Å². The fraction of sp³-hybridized carbons (Fsp3) is 0.286. The summed E-state index contributed by atoms with van der Waals surface area (Å²) in [7, 11) is 3.41. The SMILES string of the molecule is CN=C(NCC(O)c1cc2ccccc2s1)NCC(OC)c1ccccc1. The van der Waals surface area contributed by atoms with Gasteiger partial charge in [0.25, 0.3) is 0 Å². The number of nitrogens with zero attached hydrogens (tertiary/aromatic N) is 1. The molecule has 2 unspecified atom stereocenters. The number of thiophene rings is 1. The molecule has 3 aromatic rings. The zero-order chi connectivity index (χ0) is 19.1. The first-order valence-electron chi connectivity index (χ1n) is 8.90. The number of rotatable bonds is 7. The first-order chi connectivity index (χ1) is 13.2. The Kier molecular flexibility index (Phi) is 6.81. The van der Waals surface area contributed by atoms with Crippen LogP contribution in [-0.2, 0) is 4.74 Å². The normalized spacial score (nSPS) is 14.1. The highest BCUT2D eigenvalue weighted by molar-refractivity contribution is 7.19. The van der Waals surface area contributed by atoms with Gasteiger partial charge in [0.15, 0.2) is 5.96 Å². The van der Waals surface area contributed by atoms with Crippen molar-refractivity contribution < 1.29 is 9.84 Å². The molecule has 3 rings (SSSR count). The maximum absolute atomic E-state index is 10.5. The fourth-order valence-electron chi connectivity index (χ4n) is 2.88. The van der Waals surface area contributed by atoms with E-state index in [-0.39, 0.29) is 6.10 Å². The van der Waals surface area contributed by atoms with E-state index < -0.39 is 6.10 Å². The Bertz CT molecular complexity index is 846. The van der Waals surface area contributed by atoms with Gasteiger partial charge in [-0.05, 0) is 23.1 Å². The maximum Gasteiger partial charge on any atom is 0.191 e. The summed E-state index contributed by atoms with van der Waals surface area (Å²) in [5.41, 5.74) is 1.10. The number of fused-ring (bicyclic) bond motifs is 1. The highest BCUT2D eigenvalue weighted by Crippen LogP contribution is 2.29. The average Bonchev–Trinajstić information content (AvgIpc) is 3.15. The van der Waals surface area contributed by atoms with E-state index in [1.54, 1.807) is 25.5 Å². The number of benzene rings is 2. The summed E-state index contributed by atoms with van der Waals surface area (Å²) in [5.74, 6) is 0.633. The molecule has 5 nitrogen and oxygen atoms in total. The van der Waals surface area contributed by atoms with Crippen LogP contribution in [0.4, 0.5) is 0 Å². The Labute approximate surface area is 163 Å². The minimum absolute atomic E-state index is 0.0720. The van der Waals surface area contributed by atoms with Gasteiger partial charge in [-0.15, -0.1) is 11.3 Å². The van der Waals surface area contributed by atoms with Crippen LogP contribution in [0.3, 0.4) is 0 Å². The summed E-state index contributed by atoms with van der Waals surface area (Å²) in [6.45, 7) is 0.967. The van der Waals surface area contributed by atoms with Crippen molar-refractivity contribution in [2.45, 2.75) is 12.2 Å². The Morgan fingerprint density at radius 3 is 2.48 bits per heavy atom. The van der Waals surface area contributed by atoms with Gasteiger partial charge in [0, 0.05) is 36.8 Å². The molecule has 0 radical (unpaired) electrons. The molecule has 0 aliphatic carbocycles. The van der Waals surface area contributed by atoms with E-state index in [9.17, 15) is 5.11 Å². The number of hydrogen-bond acceptors (Lipinski definition) is 4. The fourth-order valence-corrected chi connectivity index (χ4v) is 3.93. The van der Waals surface area contributed by atoms with Crippen molar-refractivity contribution in [3.63, 3.8) is 0 Å². The van der Waals surface area contributed by atoms with Crippen LogP contribution in [0.5, 0.6) is 0 Å². The lowest BCUT2D eigenvalue weighted by molar-refractivity contribution is 0.106. The quantitative estimate of drug-likeness (QED) is 0.432. The Morgan fingerprint density at radius 2 is 1.78 bits per heavy atom. The molecule has 1 aromatic heterocycles. The third-order valence-electron chi connectivity index (χ3n) is 4.37.